The van der Waals surface area contributed by atoms with E-state index >= 15 is 0 Å². The Morgan fingerprint density at radius 2 is 1.81 bits per heavy atom. The maximum atomic E-state index is 11.8. The van der Waals surface area contributed by atoms with Crippen molar-refractivity contribution in [3.05, 3.63) is 24.3 Å². The van der Waals surface area contributed by atoms with Crippen LogP contribution in [0.3, 0.4) is 0 Å². The van der Waals surface area contributed by atoms with Crippen molar-refractivity contribution in [3.8, 4) is 0 Å². The van der Waals surface area contributed by atoms with Crippen molar-refractivity contribution in [3.63, 3.8) is 0 Å². The number of quaternary nitrogens is 1. The van der Waals surface area contributed by atoms with Crippen LogP contribution in [0.5, 0.6) is 0 Å². The number of anilines is 1. The molecular weight excluding hydrogens is 223 g/mol. The highest BCUT2D eigenvalue weighted by Crippen LogP contribution is 2.21. The van der Waals surface area contributed by atoms with Gasteiger partial charge in [0.1, 0.15) is 13.2 Å². The highest BCUT2D eigenvalue weighted by Gasteiger charge is 2.09. The summed E-state index contributed by atoms with van der Waals surface area (Å²) in [5, 5.41) is 0.723. The fourth-order valence-corrected chi connectivity index (χ4v) is 2.00. The Bertz CT molecular complexity index is 357. The third-order valence-corrected chi connectivity index (χ3v) is 3.41. The van der Waals surface area contributed by atoms with Gasteiger partial charge in [0.25, 0.3) is 0 Å². The lowest BCUT2D eigenvalue weighted by atomic mass is 10.3. The van der Waals surface area contributed by atoms with Gasteiger partial charge in [-0.25, -0.2) is 0 Å². The molecule has 0 fully saturated rings. The minimum atomic E-state index is -2.12. The molecule has 4 nitrogen and oxygen atoms in total. The fraction of sp³-hybridized carbons (Fsp3) is 0.455. The van der Waals surface area contributed by atoms with Gasteiger partial charge in [0.15, 0.2) is 0 Å². The molecule has 1 aromatic carbocycles. The number of rotatable bonds is 5. The van der Waals surface area contributed by atoms with Gasteiger partial charge in [-0.15, -0.1) is 0 Å². The molecule has 0 aliphatic rings. The molecule has 0 radical (unpaired) electrons. The number of hydrogen-bond donors (Lipinski definition) is 1. The van der Waals surface area contributed by atoms with E-state index in [1.54, 1.807) is 24.3 Å². The summed E-state index contributed by atoms with van der Waals surface area (Å²) in [6.45, 7) is 1.34. The SMILES string of the molecule is C[N+](C)(C)CCO[PH](=O)c1ccc(N)cc1. The van der Waals surface area contributed by atoms with Gasteiger partial charge >= 0.3 is 0 Å². The van der Waals surface area contributed by atoms with Crippen LogP contribution in [-0.2, 0) is 9.09 Å². The first-order valence-electron chi connectivity index (χ1n) is 5.21. The van der Waals surface area contributed by atoms with Gasteiger partial charge in [-0.3, -0.25) is 4.57 Å². The molecule has 0 heterocycles. The predicted octanol–water partition coefficient (Wildman–Crippen LogP) is 1.09. The van der Waals surface area contributed by atoms with Gasteiger partial charge < -0.3 is 14.7 Å². The number of nitrogens with zero attached hydrogens (tertiary/aromatic N) is 1. The van der Waals surface area contributed by atoms with E-state index in [1.165, 1.54) is 0 Å². The lowest BCUT2D eigenvalue weighted by molar-refractivity contribution is -0.870. The van der Waals surface area contributed by atoms with Gasteiger partial charge in [0.2, 0.25) is 8.03 Å². The Morgan fingerprint density at radius 1 is 1.25 bits per heavy atom. The van der Waals surface area contributed by atoms with Crippen molar-refractivity contribution in [1.29, 1.82) is 0 Å². The summed E-state index contributed by atoms with van der Waals surface area (Å²) in [5.74, 6) is 0. The third-order valence-electron chi connectivity index (χ3n) is 2.14. The monoisotopic (exact) mass is 243 g/mol. The lowest BCUT2D eigenvalue weighted by Gasteiger charge is -2.23. The van der Waals surface area contributed by atoms with Gasteiger partial charge in [0, 0.05) is 11.0 Å². The molecule has 1 aromatic rings. The summed E-state index contributed by atoms with van der Waals surface area (Å²) in [6, 6.07) is 6.98. The number of nitrogen functional groups attached to an aromatic ring is 1. The number of nitrogens with two attached hydrogens (primary N) is 1. The number of likely N-dealkylation sites (N-methyl/N-ethyl adjacent to an activating group) is 1. The van der Waals surface area contributed by atoms with E-state index in [9.17, 15) is 4.57 Å². The van der Waals surface area contributed by atoms with E-state index in [4.69, 9.17) is 10.3 Å². The van der Waals surface area contributed by atoms with Gasteiger partial charge in [-0.1, -0.05) is 0 Å². The van der Waals surface area contributed by atoms with Crippen molar-refractivity contribution in [1.82, 2.24) is 0 Å². The van der Waals surface area contributed by atoms with Gasteiger partial charge in [0.05, 0.1) is 21.1 Å². The summed E-state index contributed by atoms with van der Waals surface area (Å²) >= 11 is 0. The van der Waals surface area contributed by atoms with E-state index < -0.39 is 8.03 Å². The smallest absolute Gasteiger partial charge is 0.220 e. The molecular formula is C11H20N2O2P+. The van der Waals surface area contributed by atoms with E-state index in [2.05, 4.69) is 21.1 Å². The molecule has 0 aromatic heterocycles. The molecule has 0 saturated carbocycles. The van der Waals surface area contributed by atoms with Crippen LogP contribution >= 0.6 is 8.03 Å². The number of benzene rings is 1. The molecule has 0 bridgehead atoms. The Morgan fingerprint density at radius 3 is 2.31 bits per heavy atom. The second-order valence-electron chi connectivity index (χ2n) is 4.77. The molecule has 1 unspecified atom stereocenters. The largest absolute Gasteiger partial charge is 0.399 e. The molecule has 0 amide bonds. The second kappa shape index (κ2) is 5.48. The maximum absolute atomic E-state index is 11.8. The molecule has 5 heteroatoms. The van der Waals surface area contributed by atoms with Crippen LogP contribution < -0.4 is 11.0 Å². The van der Waals surface area contributed by atoms with Crippen molar-refractivity contribution in [2.45, 2.75) is 0 Å². The standard InChI is InChI=1S/C11H20N2O2P/c1-13(2,3)8-9-15-16(14)11-6-4-10(12)5-7-11/h4-7,16H,8-9,12H2,1-3H3/q+1. The average Bonchev–Trinajstić information content (AvgIpc) is 2.16. The van der Waals surface area contributed by atoms with Gasteiger partial charge in [-0.05, 0) is 24.3 Å². The molecule has 0 spiro atoms. The van der Waals surface area contributed by atoms with Crippen molar-refractivity contribution >= 4 is 19.0 Å². The summed E-state index contributed by atoms with van der Waals surface area (Å²) in [6.07, 6.45) is 0. The van der Waals surface area contributed by atoms with Crippen LogP contribution in [0.2, 0.25) is 0 Å². The first-order valence-corrected chi connectivity index (χ1v) is 6.53. The molecule has 1 atom stereocenters. The van der Waals surface area contributed by atoms with Crippen LogP contribution in [0.1, 0.15) is 0 Å². The highest BCUT2D eigenvalue weighted by atomic mass is 31.1. The Labute approximate surface area is 97.5 Å². The van der Waals surface area contributed by atoms with Crippen LogP contribution in [0.15, 0.2) is 24.3 Å². The average molecular weight is 243 g/mol. The highest BCUT2D eigenvalue weighted by molar-refractivity contribution is 7.48. The zero-order chi connectivity index (χ0) is 12.2. The molecule has 16 heavy (non-hydrogen) atoms. The first kappa shape index (κ1) is 13.2. The first-order chi connectivity index (χ1) is 7.38. The number of hydrogen-bond acceptors (Lipinski definition) is 3. The van der Waals surface area contributed by atoms with Gasteiger partial charge in [-0.2, -0.15) is 0 Å². The molecule has 0 aliphatic carbocycles. The third kappa shape index (κ3) is 4.79. The van der Waals surface area contributed by atoms with Crippen LogP contribution in [-0.4, -0.2) is 38.8 Å². The molecule has 0 aliphatic heterocycles. The van der Waals surface area contributed by atoms with E-state index in [-0.39, 0.29) is 0 Å². The Hall–Kier alpha value is -0.830. The van der Waals surface area contributed by atoms with Crippen molar-refractivity contribution in [2.75, 3.05) is 40.0 Å². The molecule has 0 saturated heterocycles. The summed E-state index contributed by atoms with van der Waals surface area (Å²) in [4.78, 5) is 0. The van der Waals surface area contributed by atoms with E-state index in [1.807, 2.05) is 0 Å². The quantitative estimate of drug-likeness (QED) is 0.478. The van der Waals surface area contributed by atoms with Crippen LogP contribution in [0, 0.1) is 0 Å². The van der Waals surface area contributed by atoms with Crippen LogP contribution in [0.25, 0.3) is 0 Å². The minimum absolute atomic E-state index is 0.506. The topological polar surface area (TPSA) is 52.3 Å². The van der Waals surface area contributed by atoms with Crippen LogP contribution in [0.4, 0.5) is 5.69 Å². The summed E-state index contributed by atoms with van der Waals surface area (Å²) in [5.41, 5.74) is 6.22. The Balaban J connectivity index is 2.44. The second-order valence-corrected chi connectivity index (χ2v) is 6.21. The minimum Gasteiger partial charge on any atom is -0.399 e. The zero-order valence-electron chi connectivity index (χ0n) is 10.1. The van der Waals surface area contributed by atoms with E-state index in [0.29, 0.717) is 12.3 Å². The molecule has 1 rings (SSSR count). The van der Waals surface area contributed by atoms with Crippen molar-refractivity contribution in [2.24, 2.45) is 0 Å². The fourth-order valence-electron chi connectivity index (χ4n) is 1.11. The maximum Gasteiger partial charge on any atom is 0.220 e. The van der Waals surface area contributed by atoms with E-state index in [0.717, 1.165) is 16.3 Å². The zero-order valence-corrected chi connectivity index (χ0v) is 11.1. The van der Waals surface area contributed by atoms with Crippen molar-refractivity contribution < 1.29 is 13.6 Å². The summed E-state index contributed by atoms with van der Waals surface area (Å²) < 4.78 is 17.9. The Kier molecular flexibility index (Phi) is 4.54. The predicted molar refractivity (Wildman–Crippen MR) is 68.3 cm³/mol. The molecule has 90 valence electrons. The lowest BCUT2D eigenvalue weighted by Crippen LogP contribution is -2.37. The summed E-state index contributed by atoms with van der Waals surface area (Å²) in [7, 11) is 4.10. The molecule has 2 N–H and O–H groups in total. The normalized spacial score (nSPS) is 13.7.